The highest BCUT2D eigenvalue weighted by Crippen LogP contribution is 2.35. The van der Waals surface area contributed by atoms with Crippen LogP contribution in [0.5, 0.6) is 0 Å². The van der Waals surface area contributed by atoms with Crippen molar-refractivity contribution < 1.29 is 22.0 Å². The third-order valence-corrected chi connectivity index (χ3v) is 9.34. The first-order valence-electron chi connectivity index (χ1n) is 11.4. The van der Waals surface area contributed by atoms with Crippen LogP contribution >= 0.6 is 22.9 Å². The highest BCUT2D eigenvalue weighted by molar-refractivity contribution is 7.89. The van der Waals surface area contributed by atoms with Crippen LogP contribution in [-0.4, -0.2) is 36.7 Å². The molecule has 0 aliphatic carbocycles. The Hall–Kier alpha value is -2.79. The van der Waals surface area contributed by atoms with Gasteiger partial charge in [0.05, 0.1) is 33.8 Å². The van der Waals surface area contributed by atoms with Gasteiger partial charge in [-0.25, -0.2) is 17.8 Å². The number of sulfonamides is 1. The monoisotopic (exact) mass is 547 g/mol. The summed E-state index contributed by atoms with van der Waals surface area (Å²) in [5.41, 5.74) is 1.67. The Bertz CT molecular complexity index is 1500. The number of hydrogen-bond donors (Lipinski definition) is 0. The first-order chi connectivity index (χ1) is 17.2. The predicted molar refractivity (Wildman–Crippen MR) is 137 cm³/mol. The molecule has 7 nitrogen and oxygen atoms in total. The van der Waals surface area contributed by atoms with Gasteiger partial charge in [0.25, 0.3) is 0 Å². The zero-order chi connectivity index (χ0) is 25.4. The van der Waals surface area contributed by atoms with Crippen LogP contribution < -0.4 is 4.90 Å². The number of carbonyl (C=O) groups excluding carboxylic acids is 1. The van der Waals surface area contributed by atoms with Crippen LogP contribution in [0.4, 0.5) is 9.52 Å². The van der Waals surface area contributed by atoms with Crippen molar-refractivity contribution >= 4 is 54.2 Å². The number of amides is 1. The lowest BCUT2D eigenvalue weighted by molar-refractivity contribution is -0.123. The number of nitrogens with zero attached hydrogens (tertiary/aromatic N) is 3. The molecular formula is C25H23ClFN3O4S2. The summed E-state index contributed by atoms with van der Waals surface area (Å²) >= 11 is 7.58. The third kappa shape index (κ3) is 4.90. The average Bonchev–Trinajstić information content (AvgIpc) is 3.52. The van der Waals surface area contributed by atoms with Crippen molar-refractivity contribution in [2.24, 2.45) is 5.92 Å². The number of halogens is 2. The second kappa shape index (κ2) is 9.93. The topological polar surface area (TPSA) is 83.7 Å². The summed E-state index contributed by atoms with van der Waals surface area (Å²) in [6.07, 6.45) is 2.61. The summed E-state index contributed by atoms with van der Waals surface area (Å²) in [5, 5.41) is 1.09. The van der Waals surface area contributed by atoms with Gasteiger partial charge in [-0.15, -0.1) is 0 Å². The van der Waals surface area contributed by atoms with Gasteiger partial charge >= 0.3 is 0 Å². The summed E-state index contributed by atoms with van der Waals surface area (Å²) in [5.74, 6) is -0.723. The van der Waals surface area contributed by atoms with Crippen LogP contribution in [0.15, 0.2) is 64.1 Å². The number of aromatic nitrogens is 1. The maximum absolute atomic E-state index is 13.9. The van der Waals surface area contributed by atoms with Gasteiger partial charge in [-0.05, 0) is 73.9 Å². The van der Waals surface area contributed by atoms with Crippen molar-refractivity contribution in [3.05, 3.63) is 77.0 Å². The number of hydrogen-bond acceptors (Lipinski definition) is 6. The number of thiazole rings is 1. The highest BCUT2D eigenvalue weighted by Gasteiger charge is 2.36. The molecule has 3 heterocycles. The molecule has 4 aromatic rings. The normalized spacial score (nSPS) is 16.9. The van der Waals surface area contributed by atoms with E-state index >= 15 is 0 Å². The molecule has 1 amide bonds. The fraction of sp³-hybridized carbons (Fsp3) is 0.280. The minimum absolute atomic E-state index is 0.00275. The summed E-state index contributed by atoms with van der Waals surface area (Å²) in [7, 11) is -3.87. The second-order valence-corrected chi connectivity index (χ2v) is 12.1. The van der Waals surface area contributed by atoms with E-state index < -0.39 is 21.8 Å². The summed E-state index contributed by atoms with van der Waals surface area (Å²) in [6.45, 7) is 2.40. The molecule has 5 rings (SSSR count). The molecule has 2 aromatic carbocycles. The third-order valence-electron chi connectivity index (χ3n) is 6.21. The lowest BCUT2D eigenvalue weighted by Crippen LogP contribution is -2.46. The highest BCUT2D eigenvalue weighted by atomic mass is 35.5. The number of rotatable bonds is 6. The van der Waals surface area contributed by atoms with Crippen molar-refractivity contribution in [3.63, 3.8) is 0 Å². The Labute approximate surface area is 217 Å². The fourth-order valence-corrected chi connectivity index (χ4v) is 7.34. The number of fused-ring (bicyclic) bond motifs is 1. The fourth-order valence-electron chi connectivity index (χ4n) is 4.39. The first-order valence-corrected chi connectivity index (χ1v) is 14.0. The average molecular weight is 548 g/mol. The van der Waals surface area contributed by atoms with Gasteiger partial charge in [0.2, 0.25) is 15.9 Å². The zero-order valence-electron chi connectivity index (χ0n) is 19.4. The van der Waals surface area contributed by atoms with Gasteiger partial charge in [-0.2, -0.15) is 4.31 Å². The zero-order valence-corrected chi connectivity index (χ0v) is 21.7. The molecule has 188 valence electrons. The number of furan rings is 1. The summed E-state index contributed by atoms with van der Waals surface area (Å²) < 4.78 is 47.4. The smallest absolute Gasteiger partial charge is 0.243 e. The van der Waals surface area contributed by atoms with Crippen LogP contribution in [0.1, 0.15) is 24.2 Å². The SMILES string of the molecule is Cc1cc(Cl)cc2sc(N(Cc3ccco3)C(=O)C3CCCN(S(=O)(=O)c4ccc(F)cc4)C3)nc12. The number of piperidine rings is 1. The molecule has 36 heavy (non-hydrogen) atoms. The Balaban J connectivity index is 1.45. The second-order valence-electron chi connectivity index (χ2n) is 8.73. The van der Waals surface area contributed by atoms with E-state index in [0.717, 1.165) is 27.9 Å². The molecule has 1 aliphatic rings. The molecule has 0 bridgehead atoms. The number of carbonyl (C=O) groups is 1. The van der Waals surface area contributed by atoms with Gasteiger partial charge in [0.15, 0.2) is 5.13 Å². The van der Waals surface area contributed by atoms with E-state index in [2.05, 4.69) is 0 Å². The van der Waals surface area contributed by atoms with Crippen molar-refractivity contribution in [2.75, 3.05) is 18.0 Å². The Morgan fingerprint density at radius 1 is 1.28 bits per heavy atom. The molecule has 1 atom stereocenters. The molecule has 0 spiro atoms. The molecule has 0 radical (unpaired) electrons. The minimum atomic E-state index is -3.87. The Kier molecular flexibility index (Phi) is 6.86. The van der Waals surface area contributed by atoms with Crippen LogP contribution in [0.25, 0.3) is 10.2 Å². The van der Waals surface area contributed by atoms with Gasteiger partial charge in [0.1, 0.15) is 11.6 Å². The molecular weight excluding hydrogens is 525 g/mol. The molecule has 11 heteroatoms. The minimum Gasteiger partial charge on any atom is -0.467 e. The number of benzene rings is 2. The molecule has 1 fully saturated rings. The van der Waals surface area contributed by atoms with Crippen molar-refractivity contribution in [2.45, 2.75) is 31.2 Å². The lowest BCUT2D eigenvalue weighted by atomic mass is 9.98. The molecule has 2 aromatic heterocycles. The summed E-state index contributed by atoms with van der Waals surface area (Å²) in [4.78, 5) is 20.2. The van der Waals surface area contributed by atoms with E-state index in [0.29, 0.717) is 35.3 Å². The Morgan fingerprint density at radius 3 is 2.78 bits per heavy atom. The van der Waals surface area contributed by atoms with E-state index in [1.165, 1.54) is 34.0 Å². The van der Waals surface area contributed by atoms with Crippen LogP contribution in [-0.2, 0) is 21.4 Å². The summed E-state index contributed by atoms with van der Waals surface area (Å²) in [6, 6.07) is 11.9. The van der Waals surface area contributed by atoms with Gasteiger partial charge in [-0.1, -0.05) is 22.9 Å². The maximum Gasteiger partial charge on any atom is 0.243 e. The van der Waals surface area contributed by atoms with Crippen molar-refractivity contribution in [1.82, 2.24) is 9.29 Å². The van der Waals surface area contributed by atoms with Crippen LogP contribution in [0.3, 0.4) is 0 Å². The van der Waals surface area contributed by atoms with Gasteiger partial charge < -0.3 is 4.42 Å². The van der Waals surface area contributed by atoms with E-state index in [1.807, 2.05) is 19.1 Å². The number of anilines is 1. The molecule has 0 N–H and O–H groups in total. The maximum atomic E-state index is 13.9. The van der Waals surface area contributed by atoms with Crippen molar-refractivity contribution in [3.8, 4) is 0 Å². The number of aryl methyl sites for hydroxylation is 1. The predicted octanol–water partition coefficient (Wildman–Crippen LogP) is 5.62. The van der Waals surface area contributed by atoms with Gasteiger partial charge in [0, 0.05) is 18.1 Å². The lowest BCUT2D eigenvalue weighted by Gasteiger charge is -2.33. The van der Waals surface area contributed by atoms with Gasteiger partial charge in [-0.3, -0.25) is 9.69 Å². The van der Waals surface area contributed by atoms with E-state index in [1.54, 1.807) is 17.0 Å². The van der Waals surface area contributed by atoms with E-state index in [9.17, 15) is 17.6 Å². The standard InChI is InChI=1S/C25H23ClFN3O4S2/c1-16-12-18(26)13-22-23(16)28-25(35-22)30(15-20-5-3-11-34-20)24(31)17-4-2-10-29(14-17)36(32,33)21-8-6-19(27)7-9-21/h3,5-9,11-13,17H,2,4,10,14-15H2,1H3. The first kappa shape index (κ1) is 24.9. The van der Waals surface area contributed by atoms with E-state index in [-0.39, 0.29) is 23.9 Å². The largest absolute Gasteiger partial charge is 0.467 e. The van der Waals surface area contributed by atoms with E-state index in [4.69, 9.17) is 21.0 Å². The molecule has 1 saturated heterocycles. The molecule has 1 aliphatic heterocycles. The Morgan fingerprint density at radius 2 is 2.06 bits per heavy atom. The van der Waals surface area contributed by atoms with Crippen molar-refractivity contribution in [1.29, 1.82) is 0 Å². The quantitative estimate of drug-likeness (QED) is 0.313. The van der Waals surface area contributed by atoms with Crippen LogP contribution in [0, 0.1) is 18.7 Å². The molecule has 0 saturated carbocycles. The molecule has 1 unspecified atom stereocenters. The van der Waals surface area contributed by atoms with Crippen LogP contribution in [0.2, 0.25) is 5.02 Å².